The molecule has 1 aromatic rings. The van der Waals surface area contributed by atoms with Crippen molar-refractivity contribution < 1.29 is 14.5 Å². The quantitative estimate of drug-likeness (QED) is 0.637. The average molecular weight is 287 g/mol. The number of carbonyl (C=O) groups is 1. The van der Waals surface area contributed by atoms with Crippen LogP contribution in [0.15, 0.2) is 54.3 Å². The molecule has 0 saturated carbocycles. The Morgan fingerprint density at radius 2 is 2.19 bits per heavy atom. The molecule has 4 heteroatoms. The van der Waals surface area contributed by atoms with Gasteiger partial charge in [-0.05, 0) is 32.1 Å². The lowest BCUT2D eigenvalue weighted by Crippen LogP contribution is -3.16. The third-order valence-corrected chi connectivity index (χ3v) is 3.90. The van der Waals surface area contributed by atoms with Crippen LogP contribution in [0.25, 0.3) is 0 Å². The van der Waals surface area contributed by atoms with Gasteiger partial charge in [0.1, 0.15) is 6.54 Å². The Labute approximate surface area is 126 Å². The number of carbonyl (C=O) groups excluding carboxylic acids is 1. The van der Waals surface area contributed by atoms with Crippen LogP contribution in [0.4, 0.5) is 0 Å². The van der Waals surface area contributed by atoms with Crippen molar-refractivity contribution in [3.05, 3.63) is 59.8 Å². The van der Waals surface area contributed by atoms with Gasteiger partial charge in [0.25, 0.3) is 0 Å². The number of hydrogen-bond acceptors (Lipinski definition) is 3. The monoisotopic (exact) mass is 287 g/mol. The van der Waals surface area contributed by atoms with E-state index in [1.54, 1.807) is 12.1 Å². The molecule has 1 aliphatic heterocycles. The molecule has 112 valence electrons. The fraction of sp³-hybridized carbons (Fsp3) is 0.353. The Bertz CT molecular complexity index is 537. The highest BCUT2D eigenvalue weighted by atomic mass is 16.7. The number of nitrogens with one attached hydrogen (secondary N) is 2. The summed E-state index contributed by atoms with van der Waals surface area (Å²) >= 11 is 0. The first-order chi connectivity index (χ1) is 10.1. The minimum atomic E-state index is -0.357. The van der Waals surface area contributed by atoms with E-state index in [1.165, 1.54) is 10.5 Å². The lowest BCUT2D eigenvalue weighted by atomic mass is 10.0. The molecule has 0 fully saturated rings. The van der Waals surface area contributed by atoms with E-state index in [9.17, 15) is 4.79 Å². The molecule has 0 radical (unpaired) electrons. The predicted octanol–water partition coefficient (Wildman–Crippen LogP) is 1.49. The number of hydrogen-bond donors (Lipinski definition) is 2. The molecule has 2 atom stereocenters. The second-order valence-electron chi connectivity index (χ2n) is 5.55. The average Bonchev–Trinajstić information content (AvgIpc) is 2.50. The maximum atomic E-state index is 11.9. The summed E-state index contributed by atoms with van der Waals surface area (Å²) in [5.74, 6) is -0.357. The van der Waals surface area contributed by atoms with Gasteiger partial charge in [-0.3, -0.25) is 0 Å². The van der Waals surface area contributed by atoms with Crippen LogP contribution < -0.4 is 10.4 Å². The van der Waals surface area contributed by atoms with Gasteiger partial charge in [-0.15, -0.1) is 0 Å². The van der Waals surface area contributed by atoms with Crippen LogP contribution in [-0.4, -0.2) is 25.1 Å². The molecule has 1 aliphatic rings. The molecule has 0 aromatic heterocycles. The first kappa shape index (κ1) is 15.3. The van der Waals surface area contributed by atoms with E-state index < -0.39 is 0 Å². The molecule has 1 aromatic carbocycles. The van der Waals surface area contributed by atoms with Crippen LogP contribution in [0.2, 0.25) is 0 Å². The second-order valence-corrected chi connectivity index (χ2v) is 5.55. The first-order valence-electron chi connectivity index (χ1n) is 7.28. The standard InChI is InChI=1S/C17H22N2O2/c1-4-10-19-12-13(2)16(11-14(19)3)18-21-17(20)15-8-6-5-7-9-15/h4-9,14,18H,1,10-12H2,2-3H3/p+1/t14-/m1/s1. The van der Waals surface area contributed by atoms with Crippen LogP contribution in [0.5, 0.6) is 0 Å². The summed E-state index contributed by atoms with van der Waals surface area (Å²) in [5.41, 5.74) is 5.64. The van der Waals surface area contributed by atoms with Crippen molar-refractivity contribution in [3.8, 4) is 0 Å². The Balaban J connectivity index is 1.95. The maximum absolute atomic E-state index is 11.9. The summed E-state index contributed by atoms with van der Waals surface area (Å²) in [6, 6.07) is 9.47. The molecular weight excluding hydrogens is 264 g/mol. The summed E-state index contributed by atoms with van der Waals surface area (Å²) in [6.07, 6.45) is 2.82. The largest absolute Gasteiger partial charge is 0.362 e. The molecule has 1 unspecified atom stereocenters. The Morgan fingerprint density at radius 1 is 1.48 bits per heavy atom. The van der Waals surface area contributed by atoms with Crippen molar-refractivity contribution >= 4 is 5.97 Å². The third-order valence-electron chi connectivity index (χ3n) is 3.90. The molecule has 2 rings (SSSR count). The first-order valence-corrected chi connectivity index (χ1v) is 7.28. The lowest BCUT2D eigenvalue weighted by Gasteiger charge is -2.31. The number of quaternary nitrogens is 1. The topological polar surface area (TPSA) is 42.8 Å². The fourth-order valence-corrected chi connectivity index (χ4v) is 2.57. The van der Waals surface area contributed by atoms with Crippen molar-refractivity contribution in [1.29, 1.82) is 0 Å². The fourth-order valence-electron chi connectivity index (χ4n) is 2.57. The molecule has 2 N–H and O–H groups in total. The van der Waals surface area contributed by atoms with E-state index in [-0.39, 0.29) is 5.97 Å². The van der Waals surface area contributed by atoms with Crippen LogP contribution in [-0.2, 0) is 4.84 Å². The van der Waals surface area contributed by atoms with Crippen LogP contribution in [0.3, 0.4) is 0 Å². The molecule has 21 heavy (non-hydrogen) atoms. The predicted molar refractivity (Wildman–Crippen MR) is 82.7 cm³/mol. The number of benzene rings is 1. The van der Waals surface area contributed by atoms with Crippen molar-refractivity contribution in [3.63, 3.8) is 0 Å². The van der Waals surface area contributed by atoms with E-state index in [1.807, 2.05) is 24.3 Å². The Hall–Kier alpha value is -2.07. The van der Waals surface area contributed by atoms with Gasteiger partial charge in [-0.2, -0.15) is 0 Å². The summed E-state index contributed by atoms with van der Waals surface area (Å²) in [5, 5.41) is 0. The van der Waals surface area contributed by atoms with E-state index in [4.69, 9.17) is 4.84 Å². The van der Waals surface area contributed by atoms with Crippen molar-refractivity contribution in [2.24, 2.45) is 0 Å². The highest BCUT2D eigenvalue weighted by molar-refractivity contribution is 5.89. The van der Waals surface area contributed by atoms with Crippen molar-refractivity contribution in [2.45, 2.75) is 26.3 Å². The van der Waals surface area contributed by atoms with E-state index >= 15 is 0 Å². The minimum absolute atomic E-state index is 0.357. The van der Waals surface area contributed by atoms with E-state index in [2.05, 4.69) is 25.9 Å². The Kier molecular flexibility index (Phi) is 5.17. The van der Waals surface area contributed by atoms with Crippen LogP contribution in [0, 0.1) is 0 Å². The molecule has 0 bridgehead atoms. The van der Waals surface area contributed by atoms with Gasteiger partial charge < -0.3 is 9.74 Å². The van der Waals surface area contributed by atoms with E-state index in [0.717, 1.165) is 25.2 Å². The third kappa shape index (κ3) is 3.95. The van der Waals surface area contributed by atoms with Gasteiger partial charge in [-0.1, -0.05) is 24.8 Å². The number of hydroxylamine groups is 1. The lowest BCUT2D eigenvalue weighted by molar-refractivity contribution is -0.915. The van der Waals surface area contributed by atoms with Crippen LogP contribution in [0.1, 0.15) is 30.6 Å². The van der Waals surface area contributed by atoms with E-state index in [0.29, 0.717) is 11.6 Å². The van der Waals surface area contributed by atoms with Gasteiger partial charge >= 0.3 is 5.97 Å². The molecule has 0 aliphatic carbocycles. The van der Waals surface area contributed by atoms with Gasteiger partial charge in [0.05, 0.1) is 23.8 Å². The molecular formula is C17H23N2O2+. The summed E-state index contributed by atoms with van der Waals surface area (Å²) < 4.78 is 0. The smallest absolute Gasteiger partial charge is 0.338 e. The zero-order valence-corrected chi connectivity index (χ0v) is 12.7. The maximum Gasteiger partial charge on any atom is 0.362 e. The SMILES string of the molecule is C=CC[NH+]1CC(C)=C(NOC(=O)c2ccccc2)C[C@H]1C. The highest BCUT2D eigenvalue weighted by Crippen LogP contribution is 2.11. The molecule has 0 amide bonds. The summed E-state index contributed by atoms with van der Waals surface area (Å²) in [6.45, 7) is 9.98. The van der Waals surface area contributed by atoms with Crippen molar-refractivity contribution in [2.75, 3.05) is 13.1 Å². The Morgan fingerprint density at radius 3 is 2.86 bits per heavy atom. The van der Waals surface area contributed by atoms with Gasteiger partial charge in [0.2, 0.25) is 0 Å². The van der Waals surface area contributed by atoms with Crippen LogP contribution >= 0.6 is 0 Å². The molecule has 4 nitrogen and oxygen atoms in total. The van der Waals surface area contributed by atoms with Crippen molar-refractivity contribution in [1.82, 2.24) is 5.48 Å². The molecule has 0 spiro atoms. The normalized spacial score (nSPS) is 21.8. The zero-order valence-electron chi connectivity index (χ0n) is 12.7. The zero-order chi connectivity index (χ0) is 15.2. The minimum Gasteiger partial charge on any atom is -0.338 e. The molecule has 1 heterocycles. The summed E-state index contributed by atoms with van der Waals surface area (Å²) in [7, 11) is 0. The number of rotatable bonds is 5. The second kappa shape index (κ2) is 7.09. The van der Waals surface area contributed by atoms with Gasteiger partial charge in [0, 0.05) is 12.0 Å². The highest BCUT2D eigenvalue weighted by Gasteiger charge is 2.26. The van der Waals surface area contributed by atoms with Gasteiger partial charge in [-0.25, -0.2) is 10.3 Å². The van der Waals surface area contributed by atoms with Gasteiger partial charge in [0.15, 0.2) is 0 Å². The molecule has 0 saturated heterocycles. The summed E-state index contributed by atoms with van der Waals surface area (Å²) in [4.78, 5) is 18.6.